The van der Waals surface area contributed by atoms with Gasteiger partial charge in [-0.2, -0.15) is 0 Å². The summed E-state index contributed by atoms with van der Waals surface area (Å²) in [5.74, 6) is -0.0618. The molecule has 2 rings (SSSR count). The van der Waals surface area contributed by atoms with Crippen molar-refractivity contribution in [2.75, 3.05) is 26.2 Å². The summed E-state index contributed by atoms with van der Waals surface area (Å²) in [5, 5.41) is 3.02. The lowest BCUT2D eigenvalue weighted by molar-refractivity contribution is -0.897. The van der Waals surface area contributed by atoms with Crippen molar-refractivity contribution in [3.8, 4) is 0 Å². The summed E-state index contributed by atoms with van der Waals surface area (Å²) in [6.07, 6.45) is 9.93. The summed E-state index contributed by atoms with van der Waals surface area (Å²) >= 11 is 0. The second-order valence-electron chi connectivity index (χ2n) is 6.31. The highest BCUT2D eigenvalue weighted by Gasteiger charge is 2.26. The lowest BCUT2D eigenvalue weighted by Crippen LogP contribution is -3.14. The molecular weight excluding hydrogens is 266 g/mol. The zero-order chi connectivity index (χ0) is 15.1. The number of carbonyl (C=O) groups is 2. The molecule has 0 aromatic rings. The maximum Gasteiger partial charge on any atom is 0.275 e. The molecule has 0 atom stereocenters. The van der Waals surface area contributed by atoms with Crippen molar-refractivity contribution in [1.29, 1.82) is 0 Å². The molecule has 118 valence electrons. The first-order valence-electron chi connectivity index (χ1n) is 8.22. The molecule has 2 amide bonds. The van der Waals surface area contributed by atoms with Crippen LogP contribution in [0.4, 0.5) is 0 Å². The number of hydrogen-bond donors (Lipinski definition) is 3. The monoisotopic (exact) mass is 294 g/mol. The number of nitrogens with two attached hydrogens (primary N) is 1. The first-order chi connectivity index (χ1) is 10.1. The quantitative estimate of drug-likeness (QED) is 0.592. The zero-order valence-electron chi connectivity index (χ0n) is 12.8. The zero-order valence-corrected chi connectivity index (χ0v) is 12.8. The molecule has 2 aliphatic rings. The first-order valence-corrected chi connectivity index (χ1v) is 8.22. The maximum absolute atomic E-state index is 11.9. The van der Waals surface area contributed by atoms with E-state index in [4.69, 9.17) is 5.73 Å². The van der Waals surface area contributed by atoms with E-state index in [1.807, 2.05) is 0 Å². The Balaban J connectivity index is 1.59. The van der Waals surface area contributed by atoms with Crippen molar-refractivity contribution in [2.45, 2.75) is 44.9 Å². The minimum absolute atomic E-state index is 0.00931. The Morgan fingerprint density at radius 2 is 2.05 bits per heavy atom. The van der Waals surface area contributed by atoms with Crippen LogP contribution in [0.3, 0.4) is 0 Å². The largest absolute Gasteiger partial charge is 0.369 e. The van der Waals surface area contributed by atoms with E-state index in [2.05, 4.69) is 11.4 Å². The van der Waals surface area contributed by atoms with Crippen LogP contribution in [-0.2, 0) is 9.59 Å². The summed E-state index contributed by atoms with van der Waals surface area (Å²) in [6, 6.07) is 0. The van der Waals surface area contributed by atoms with Crippen molar-refractivity contribution in [2.24, 2.45) is 11.7 Å². The summed E-state index contributed by atoms with van der Waals surface area (Å²) in [5.41, 5.74) is 6.81. The van der Waals surface area contributed by atoms with E-state index in [0.29, 0.717) is 6.54 Å². The molecule has 5 nitrogen and oxygen atoms in total. The van der Waals surface area contributed by atoms with E-state index in [9.17, 15) is 9.59 Å². The molecule has 1 aliphatic carbocycles. The molecule has 1 saturated heterocycles. The lowest BCUT2D eigenvalue weighted by Gasteiger charge is -2.27. The van der Waals surface area contributed by atoms with E-state index in [-0.39, 0.29) is 17.7 Å². The van der Waals surface area contributed by atoms with Crippen molar-refractivity contribution >= 4 is 11.8 Å². The number of amides is 2. The minimum Gasteiger partial charge on any atom is -0.369 e. The van der Waals surface area contributed by atoms with E-state index in [1.165, 1.54) is 36.2 Å². The number of primary amides is 1. The summed E-state index contributed by atoms with van der Waals surface area (Å²) in [7, 11) is 0. The molecule has 0 unspecified atom stereocenters. The number of quaternary nitrogens is 1. The van der Waals surface area contributed by atoms with Gasteiger partial charge in [0.15, 0.2) is 6.54 Å². The third kappa shape index (κ3) is 5.50. The van der Waals surface area contributed by atoms with Gasteiger partial charge in [-0.3, -0.25) is 9.59 Å². The Morgan fingerprint density at radius 3 is 2.67 bits per heavy atom. The standard InChI is InChI=1S/C16H27N3O2/c17-16(21)14-7-10-19(11-8-14)12-15(20)18-9-6-13-4-2-1-3-5-13/h4,14H,1-3,5-12H2,(H2,17,21)(H,18,20)/p+1. The fourth-order valence-electron chi connectivity index (χ4n) is 3.27. The Hall–Kier alpha value is -1.36. The van der Waals surface area contributed by atoms with E-state index >= 15 is 0 Å². The lowest BCUT2D eigenvalue weighted by atomic mass is 9.96. The number of allylic oxidation sites excluding steroid dienone is 1. The van der Waals surface area contributed by atoms with Crippen LogP contribution in [0.2, 0.25) is 0 Å². The third-order valence-electron chi connectivity index (χ3n) is 4.66. The highest BCUT2D eigenvalue weighted by molar-refractivity contribution is 5.77. The molecule has 1 fully saturated rings. The van der Waals surface area contributed by atoms with Gasteiger partial charge in [0.2, 0.25) is 5.91 Å². The van der Waals surface area contributed by atoms with Gasteiger partial charge in [0.1, 0.15) is 0 Å². The molecule has 0 bridgehead atoms. The molecular formula is C16H28N3O2+. The Morgan fingerprint density at radius 1 is 1.29 bits per heavy atom. The van der Waals surface area contributed by atoms with Gasteiger partial charge in [-0.25, -0.2) is 0 Å². The van der Waals surface area contributed by atoms with Gasteiger partial charge in [-0.1, -0.05) is 11.6 Å². The third-order valence-corrected chi connectivity index (χ3v) is 4.66. The van der Waals surface area contributed by atoms with Crippen LogP contribution in [-0.4, -0.2) is 38.0 Å². The van der Waals surface area contributed by atoms with Crippen LogP contribution < -0.4 is 16.0 Å². The first kappa shape index (κ1) is 16.0. The molecule has 5 heteroatoms. The van der Waals surface area contributed by atoms with Crippen LogP contribution >= 0.6 is 0 Å². The number of piperidine rings is 1. The van der Waals surface area contributed by atoms with Crippen molar-refractivity contribution < 1.29 is 14.5 Å². The SMILES string of the molecule is NC(=O)C1CC[NH+](CC(=O)NCCC2=CCCCC2)CC1. The number of carbonyl (C=O) groups excluding carboxylic acids is 2. The minimum atomic E-state index is -0.195. The molecule has 0 spiro atoms. The molecule has 1 heterocycles. The smallest absolute Gasteiger partial charge is 0.275 e. The van der Waals surface area contributed by atoms with Crippen LogP contribution in [0.5, 0.6) is 0 Å². The van der Waals surface area contributed by atoms with Crippen LogP contribution in [0.15, 0.2) is 11.6 Å². The van der Waals surface area contributed by atoms with Crippen LogP contribution in [0, 0.1) is 5.92 Å². The summed E-state index contributed by atoms with van der Waals surface area (Å²) in [6.45, 7) is 3.00. The van der Waals surface area contributed by atoms with Crippen LogP contribution in [0.25, 0.3) is 0 Å². The van der Waals surface area contributed by atoms with E-state index in [1.54, 1.807) is 0 Å². The van der Waals surface area contributed by atoms with Gasteiger partial charge in [0.05, 0.1) is 13.1 Å². The fourth-order valence-corrected chi connectivity index (χ4v) is 3.27. The maximum atomic E-state index is 11.9. The normalized spacial score (nSPS) is 26.0. The predicted molar refractivity (Wildman–Crippen MR) is 81.7 cm³/mol. The van der Waals surface area contributed by atoms with Gasteiger partial charge in [-0.05, 0) is 32.1 Å². The van der Waals surface area contributed by atoms with Crippen LogP contribution in [0.1, 0.15) is 44.9 Å². The van der Waals surface area contributed by atoms with Gasteiger partial charge in [-0.15, -0.1) is 0 Å². The van der Waals surface area contributed by atoms with E-state index < -0.39 is 0 Å². The molecule has 4 N–H and O–H groups in total. The second kappa shape index (κ2) is 8.17. The van der Waals surface area contributed by atoms with Gasteiger partial charge < -0.3 is 16.0 Å². The Bertz CT molecular complexity index is 398. The van der Waals surface area contributed by atoms with Crippen molar-refractivity contribution in [1.82, 2.24) is 5.32 Å². The highest BCUT2D eigenvalue weighted by atomic mass is 16.2. The van der Waals surface area contributed by atoms with Crippen molar-refractivity contribution in [3.05, 3.63) is 11.6 Å². The van der Waals surface area contributed by atoms with Gasteiger partial charge >= 0.3 is 0 Å². The molecule has 1 aliphatic heterocycles. The predicted octanol–water partition coefficient (Wildman–Crippen LogP) is -0.227. The molecule has 0 radical (unpaired) electrons. The number of rotatable bonds is 6. The Labute approximate surface area is 126 Å². The molecule has 21 heavy (non-hydrogen) atoms. The number of nitrogens with one attached hydrogen (secondary N) is 2. The average Bonchev–Trinajstić information content (AvgIpc) is 2.49. The average molecular weight is 294 g/mol. The highest BCUT2D eigenvalue weighted by Crippen LogP contribution is 2.19. The van der Waals surface area contributed by atoms with Crippen molar-refractivity contribution in [3.63, 3.8) is 0 Å². The molecule has 0 aromatic carbocycles. The molecule has 0 aromatic heterocycles. The topological polar surface area (TPSA) is 76.6 Å². The fraction of sp³-hybridized carbons (Fsp3) is 0.750. The van der Waals surface area contributed by atoms with Gasteiger partial charge in [0.25, 0.3) is 5.91 Å². The summed E-state index contributed by atoms with van der Waals surface area (Å²) in [4.78, 5) is 24.3. The Kier molecular flexibility index (Phi) is 6.23. The second-order valence-corrected chi connectivity index (χ2v) is 6.31. The number of hydrogen-bond acceptors (Lipinski definition) is 2. The number of likely N-dealkylation sites (tertiary alicyclic amines) is 1. The van der Waals surface area contributed by atoms with Gasteiger partial charge in [0, 0.05) is 25.3 Å². The molecule has 0 saturated carbocycles. The van der Waals surface area contributed by atoms with E-state index in [0.717, 1.165) is 38.9 Å². The summed E-state index contributed by atoms with van der Waals surface area (Å²) < 4.78 is 0.